The van der Waals surface area contributed by atoms with Crippen LogP contribution in [0.1, 0.15) is 43.9 Å². The standard InChI is InChI=1S/C30H29ClF4N2O5S/c1-18(27-23(31)8-5-9-24(27)32)14-19-10-11-26-25(15-19)37(17-21(42-26)12-13-36-28(38)29(2,3)39)43(40,41)22-7-4-6-20(16-22)30(33,34)35/h4-11,14-16,21,39H,12-13,17H2,1-3H3,(H,36,38)/t21-/m0/s1. The number of ether oxygens (including phenoxy) is 1. The first-order valence-electron chi connectivity index (χ1n) is 13.1. The monoisotopic (exact) mass is 640 g/mol. The number of rotatable bonds is 8. The van der Waals surface area contributed by atoms with Gasteiger partial charge in [-0.3, -0.25) is 9.10 Å². The maximum Gasteiger partial charge on any atom is 0.416 e. The van der Waals surface area contributed by atoms with Gasteiger partial charge >= 0.3 is 6.18 Å². The highest BCUT2D eigenvalue weighted by Crippen LogP contribution is 2.40. The fraction of sp³-hybridized carbons (Fsp3) is 0.300. The van der Waals surface area contributed by atoms with E-state index in [2.05, 4.69) is 5.32 Å². The predicted molar refractivity (Wildman–Crippen MR) is 156 cm³/mol. The summed E-state index contributed by atoms with van der Waals surface area (Å²) in [4.78, 5) is 11.5. The number of carbonyl (C=O) groups is 1. The Bertz CT molecular complexity index is 1650. The van der Waals surface area contributed by atoms with Crippen LogP contribution in [0.25, 0.3) is 11.6 Å². The summed E-state index contributed by atoms with van der Waals surface area (Å²) in [5.41, 5.74) is -1.61. The smallest absolute Gasteiger partial charge is 0.416 e. The highest BCUT2D eigenvalue weighted by Gasteiger charge is 2.37. The first-order valence-corrected chi connectivity index (χ1v) is 14.9. The summed E-state index contributed by atoms with van der Waals surface area (Å²) in [6.07, 6.45) is -3.84. The van der Waals surface area contributed by atoms with Crippen molar-refractivity contribution in [3.63, 3.8) is 0 Å². The highest BCUT2D eigenvalue weighted by molar-refractivity contribution is 7.92. The zero-order chi connectivity index (χ0) is 31.7. The van der Waals surface area contributed by atoms with Crippen LogP contribution in [0, 0.1) is 5.82 Å². The molecule has 1 aliphatic rings. The van der Waals surface area contributed by atoms with Crippen molar-refractivity contribution >= 4 is 44.9 Å². The van der Waals surface area contributed by atoms with Gasteiger partial charge in [-0.15, -0.1) is 0 Å². The number of aliphatic hydroxyl groups is 1. The van der Waals surface area contributed by atoms with E-state index >= 15 is 0 Å². The molecule has 0 unspecified atom stereocenters. The molecule has 3 aromatic carbocycles. The fourth-order valence-electron chi connectivity index (χ4n) is 4.52. The zero-order valence-corrected chi connectivity index (χ0v) is 24.9. The Kier molecular flexibility index (Phi) is 9.15. The van der Waals surface area contributed by atoms with Gasteiger partial charge < -0.3 is 15.2 Å². The van der Waals surface area contributed by atoms with Crippen molar-refractivity contribution < 1.29 is 40.6 Å². The molecule has 0 spiro atoms. The van der Waals surface area contributed by atoms with Crippen molar-refractivity contribution in [1.29, 1.82) is 0 Å². The largest absolute Gasteiger partial charge is 0.486 e. The number of alkyl halides is 3. The second-order valence-corrected chi connectivity index (χ2v) is 12.8. The van der Waals surface area contributed by atoms with E-state index in [-0.39, 0.29) is 41.5 Å². The summed E-state index contributed by atoms with van der Waals surface area (Å²) in [5, 5.41) is 12.6. The first kappa shape index (κ1) is 32.3. The van der Waals surface area contributed by atoms with Gasteiger partial charge in [-0.2, -0.15) is 13.2 Å². The molecule has 0 aromatic heterocycles. The van der Waals surface area contributed by atoms with Crippen LogP contribution in [0.2, 0.25) is 5.02 Å². The Labute approximate surface area is 251 Å². The summed E-state index contributed by atoms with van der Waals surface area (Å²) >= 11 is 6.20. The van der Waals surface area contributed by atoms with Crippen LogP contribution in [0.3, 0.4) is 0 Å². The minimum Gasteiger partial charge on any atom is -0.486 e. The number of nitrogens with one attached hydrogen (secondary N) is 1. The SMILES string of the molecule is CC(=Cc1ccc2c(c1)N(S(=O)(=O)c1cccc(C(F)(F)F)c1)C[C@H](CCNC(=O)C(C)(C)O)O2)c1c(F)cccc1Cl. The van der Waals surface area contributed by atoms with E-state index in [0.717, 1.165) is 22.5 Å². The molecule has 0 saturated carbocycles. The number of benzene rings is 3. The van der Waals surface area contributed by atoms with Gasteiger partial charge in [0.25, 0.3) is 15.9 Å². The molecule has 3 aromatic rings. The van der Waals surface area contributed by atoms with Crippen LogP contribution >= 0.6 is 11.6 Å². The molecule has 1 amide bonds. The molecule has 0 bridgehead atoms. The van der Waals surface area contributed by atoms with Crippen molar-refractivity contribution in [2.75, 3.05) is 17.4 Å². The topological polar surface area (TPSA) is 95.9 Å². The Morgan fingerprint density at radius 1 is 1.14 bits per heavy atom. The predicted octanol–water partition coefficient (Wildman–Crippen LogP) is 6.29. The van der Waals surface area contributed by atoms with Gasteiger partial charge in [0.1, 0.15) is 23.3 Å². The summed E-state index contributed by atoms with van der Waals surface area (Å²) in [6.45, 7) is 4.01. The quantitative estimate of drug-likeness (QED) is 0.223. The van der Waals surface area contributed by atoms with Gasteiger partial charge in [-0.05, 0) is 74.4 Å². The van der Waals surface area contributed by atoms with Gasteiger partial charge in [0.15, 0.2) is 0 Å². The lowest BCUT2D eigenvalue weighted by Crippen LogP contribution is -2.46. The van der Waals surface area contributed by atoms with E-state index in [9.17, 15) is 35.9 Å². The number of carbonyl (C=O) groups excluding carboxylic acids is 1. The Hall–Kier alpha value is -3.61. The molecule has 1 atom stereocenters. The van der Waals surface area contributed by atoms with Crippen molar-refractivity contribution in [3.05, 3.63) is 88.2 Å². The van der Waals surface area contributed by atoms with Crippen LogP contribution in [-0.2, 0) is 21.0 Å². The molecule has 43 heavy (non-hydrogen) atoms. The molecule has 13 heteroatoms. The summed E-state index contributed by atoms with van der Waals surface area (Å²) in [5.74, 6) is -1.05. The molecule has 7 nitrogen and oxygen atoms in total. The van der Waals surface area contributed by atoms with Gasteiger partial charge in [0.05, 0.1) is 27.7 Å². The molecular formula is C30H29ClF4N2O5S. The second-order valence-electron chi connectivity index (χ2n) is 10.6. The number of allylic oxidation sites excluding steroid dienone is 1. The Balaban J connectivity index is 1.74. The highest BCUT2D eigenvalue weighted by atomic mass is 35.5. The average Bonchev–Trinajstić information content (AvgIpc) is 2.91. The Morgan fingerprint density at radius 3 is 2.49 bits per heavy atom. The number of amides is 1. The first-order chi connectivity index (χ1) is 20.0. The van der Waals surface area contributed by atoms with Gasteiger partial charge in [0, 0.05) is 18.5 Å². The third-order valence-corrected chi connectivity index (χ3v) is 8.80. The zero-order valence-electron chi connectivity index (χ0n) is 23.4. The molecule has 230 valence electrons. The number of hydrogen-bond acceptors (Lipinski definition) is 5. The lowest BCUT2D eigenvalue weighted by atomic mass is 10.0. The average molecular weight is 641 g/mol. The van der Waals surface area contributed by atoms with E-state index in [0.29, 0.717) is 17.2 Å². The fourth-order valence-corrected chi connectivity index (χ4v) is 6.37. The molecule has 1 aliphatic heterocycles. The lowest BCUT2D eigenvalue weighted by molar-refractivity contribution is -0.138. The minimum atomic E-state index is -4.76. The number of nitrogens with zero attached hydrogens (tertiary/aromatic N) is 1. The van der Waals surface area contributed by atoms with Crippen molar-refractivity contribution in [3.8, 4) is 5.75 Å². The second kappa shape index (κ2) is 12.2. The molecule has 4 rings (SSSR count). The number of sulfonamides is 1. The third-order valence-electron chi connectivity index (χ3n) is 6.71. The van der Waals surface area contributed by atoms with Crippen molar-refractivity contribution in [1.82, 2.24) is 5.32 Å². The van der Waals surface area contributed by atoms with Gasteiger partial charge in [-0.25, -0.2) is 12.8 Å². The number of hydrogen-bond donors (Lipinski definition) is 2. The number of fused-ring (bicyclic) bond motifs is 1. The summed E-state index contributed by atoms with van der Waals surface area (Å²) in [7, 11) is -4.54. The molecule has 1 heterocycles. The van der Waals surface area contributed by atoms with E-state index in [1.54, 1.807) is 19.1 Å². The van der Waals surface area contributed by atoms with E-state index < -0.39 is 50.1 Å². The molecule has 0 aliphatic carbocycles. The van der Waals surface area contributed by atoms with Crippen LogP contribution in [0.4, 0.5) is 23.2 Å². The van der Waals surface area contributed by atoms with Crippen LogP contribution < -0.4 is 14.4 Å². The van der Waals surface area contributed by atoms with Crippen molar-refractivity contribution in [2.24, 2.45) is 0 Å². The van der Waals surface area contributed by atoms with Crippen LogP contribution in [0.15, 0.2) is 65.6 Å². The summed E-state index contributed by atoms with van der Waals surface area (Å²) in [6, 6.07) is 12.3. The van der Waals surface area contributed by atoms with Crippen molar-refractivity contribution in [2.45, 2.75) is 50.0 Å². The third kappa shape index (κ3) is 7.31. The molecule has 2 N–H and O–H groups in total. The molecule has 0 saturated heterocycles. The molecular weight excluding hydrogens is 612 g/mol. The number of halogens is 5. The van der Waals surface area contributed by atoms with E-state index in [1.807, 2.05) is 0 Å². The lowest BCUT2D eigenvalue weighted by Gasteiger charge is -2.36. The minimum absolute atomic E-state index is 0.0314. The van der Waals surface area contributed by atoms with E-state index in [4.69, 9.17) is 16.3 Å². The van der Waals surface area contributed by atoms with Crippen LogP contribution in [-0.4, -0.2) is 44.2 Å². The van der Waals surface area contributed by atoms with E-state index in [1.165, 1.54) is 44.2 Å². The Morgan fingerprint density at radius 2 is 1.84 bits per heavy atom. The maximum absolute atomic E-state index is 14.5. The maximum atomic E-state index is 14.5. The summed E-state index contributed by atoms with van der Waals surface area (Å²) < 4.78 is 89.5. The normalized spacial score (nSPS) is 16.0. The van der Waals surface area contributed by atoms with Crippen LogP contribution in [0.5, 0.6) is 5.75 Å². The number of anilines is 1. The van der Waals surface area contributed by atoms with Gasteiger partial charge in [-0.1, -0.05) is 35.9 Å². The molecule has 0 radical (unpaired) electrons. The van der Waals surface area contributed by atoms with Gasteiger partial charge in [0.2, 0.25) is 0 Å². The molecule has 0 fully saturated rings.